The Bertz CT molecular complexity index is 950. The molecular weight excluding hydrogens is 392 g/mol. The van der Waals surface area contributed by atoms with Crippen LogP contribution in [0.15, 0.2) is 24.5 Å². The Hall–Kier alpha value is -2.51. The molecule has 1 aliphatic heterocycles. The maximum atomic E-state index is 12.2. The summed E-state index contributed by atoms with van der Waals surface area (Å²) < 4.78 is 10.7. The van der Waals surface area contributed by atoms with E-state index >= 15 is 0 Å². The number of nitrogens with one attached hydrogen (secondary N) is 1. The third-order valence-electron chi connectivity index (χ3n) is 6.77. The van der Waals surface area contributed by atoms with Crippen molar-refractivity contribution in [1.82, 2.24) is 14.9 Å². The lowest BCUT2D eigenvalue weighted by atomic mass is 9.89. The third kappa shape index (κ3) is 4.16. The van der Waals surface area contributed by atoms with Gasteiger partial charge >= 0.3 is 5.97 Å². The predicted octanol–water partition coefficient (Wildman–Crippen LogP) is 3.28. The zero-order chi connectivity index (χ0) is 21.2. The highest BCUT2D eigenvalue weighted by Gasteiger charge is 2.29. The first-order valence-electron chi connectivity index (χ1n) is 11.5. The lowest BCUT2D eigenvalue weighted by Gasteiger charge is -2.39. The summed E-state index contributed by atoms with van der Waals surface area (Å²) in [5, 5.41) is 3.71. The molecule has 2 fully saturated rings. The minimum atomic E-state index is -0.286. The van der Waals surface area contributed by atoms with E-state index in [0.717, 1.165) is 68.2 Å². The number of anilines is 1. The van der Waals surface area contributed by atoms with Gasteiger partial charge in [0, 0.05) is 37.2 Å². The number of carbonyl (C=O) groups is 1. The van der Waals surface area contributed by atoms with Gasteiger partial charge in [-0.05, 0) is 55.9 Å². The van der Waals surface area contributed by atoms with Gasteiger partial charge in [0.05, 0.1) is 31.1 Å². The Labute approximate surface area is 183 Å². The van der Waals surface area contributed by atoms with Crippen LogP contribution in [0.4, 0.5) is 5.82 Å². The van der Waals surface area contributed by atoms with Gasteiger partial charge in [0.2, 0.25) is 0 Å². The predicted molar refractivity (Wildman–Crippen MR) is 118 cm³/mol. The summed E-state index contributed by atoms with van der Waals surface area (Å²) in [7, 11) is 0. The van der Waals surface area contributed by atoms with Gasteiger partial charge in [0.1, 0.15) is 12.1 Å². The maximum absolute atomic E-state index is 12.2. The number of morpholine rings is 1. The molecule has 7 nitrogen and oxygen atoms in total. The van der Waals surface area contributed by atoms with E-state index in [2.05, 4.69) is 20.2 Å². The number of nitrogens with zero attached hydrogens (tertiary/aromatic N) is 3. The van der Waals surface area contributed by atoms with Crippen molar-refractivity contribution in [2.45, 2.75) is 51.1 Å². The summed E-state index contributed by atoms with van der Waals surface area (Å²) in [6, 6.07) is 6.87. The maximum Gasteiger partial charge on any atom is 0.338 e. The normalized spacial score (nSPS) is 23.1. The molecule has 0 radical (unpaired) electrons. The molecule has 1 aromatic carbocycles. The second-order valence-electron chi connectivity index (χ2n) is 8.61. The monoisotopic (exact) mass is 422 g/mol. The lowest BCUT2D eigenvalue weighted by Crippen LogP contribution is -2.46. The van der Waals surface area contributed by atoms with Crippen LogP contribution in [0.3, 0.4) is 0 Å². The zero-order valence-corrected chi connectivity index (χ0v) is 18.1. The molecule has 2 heterocycles. The number of carbonyl (C=O) groups excluding carboxylic acids is 1. The lowest BCUT2D eigenvalue weighted by molar-refractivity contribution is 0.00790. The van der Waals surface area contributed by atoms with E-state index in [9.17, 15) is 4.79 Å². The molecule has 2 aliphatic carbocycles. The van der Waals surface area contributed by atoms with Crippen molar-refractivity contribution < 1.29 is 14.3 Å². The molecule has 1 aromatic heterocycles. The van der Waals surface area contributed by atoms with Crippen molar-refractivity contribution in [3.8, 4) is 11.1 Å². The highest BCUT2D eigenvalue weighted by Crippen LogP contribution is 2.40. The average Bonchev–Trinajstić information content (AvgIpc) is 3.19. The molecule has 1 N–H and O–H groups in total. The largest absolute Gasteiger partial charge is 0.462 e. The molecule has 164 valence electrons. The molecule has 0 unspecified atom stereocenters. The van der Waals surface area contributed by atoms with Crippen LogP contribution in [0.2, 0.25) is 0 Å². The Kier molecular flexibility index (Phi) is 5.87. The van der Waals surface area contributed by atoms with E-state index in [1.54, 1.807) is 6.33 Å². The van der Waals surface area contributed by atoms with Gasteiger partial charge in [-0.2, -0.15) is 0 Å². The second kappa shape index (κ2) is 8.93. The van der Waals surface area contributed by atoms with Crippen LogP contribution in [-0.2, 0) is 15.9 Å². The molecule has 1 saturated heterocycles. The van der Waals surface area contributed by atoms with Gasteiger partial charge in [-0.1, -0.05) is 6.07 Å². The van der Waals surface area contributed by atoms with Crippen LogP contribution < -0.4 is 5.32 Å². The Balaban J connectivity index is 1.32. The van der Waals surface area contributed by atoms with Crippen molar-refractivity contribution in [3.63, 3.8) is 0 Å². The molecule has 0 atom stereocenters. The van der Waals surface area contributed by atoms with Crippen molar-refractivity contribution in [1.29, 1.82) is 0 Å². The van der Waals surface area contributed by atoms with Gasteiger partial charge in [-0.15, -0.1) is 0 Å². The molecule has 3 aliphatic rings. The molecule has 1 saturated carbocycles. The number of fused-ring (bicyclic) bond motifs is 3. The van der Waals surface area contributed by atoms with Gasteiger partial charge in [-0.25, -0.2) is 14.8 Å². The van der Waals surface area contributed by atoms with Crippen molar-refractivity contribution in [3.05, 3.63) is 41.3 Å². The first-order chi connectivity index (χ1) is 15.2. The number of benzene rings is 1. The highest BCUT2D eigenvalue weighted by molar-refractivity contribution is 5.94. The van der Waals surface area contributed by atoms with Gasteiger partial charge in [0.25, 0.3) is 0 Å². The molecule has 0 spiro atoms. The summed E-state index contributed by atoms with van der Waals surface area (Å²) in [5.74, 6) is 0.603. The van der Waals surface area contributed by atoms with Crippen LogP contribution in [0.1, 0.15) is 54.2 Å². The fraction of sp³-hybridized carbons (Fsp3) is 0.542. The number of rotatable bonds is 5. The van der Waals surface area contributed by atoms with Gasteiger partial charge in [-0.3, -0.25) is 4.90 Å². The molecule has 5 rings (SSSR count). The summed E-state index contributed by atoms with van der Waals surface area (Å²) in [6.45, 7) is 6.03. The zero-order valence-electron chi connectivity index (χ0n) is 18.1. The number of esters is 1. The molecule has 0 amide bonds. The van der Waals surface area contributed by atoms with Crippen LogP contribution in [0.5, 0.6) is 0 Å². The summed E-state index contributed by atoms with van der Waals surface area (Å²) in [6.07, 6.45) is 7.10. The second-order valence-corrected chi connectivity index (χ2v) is 8.61. The van der Waals surface area contributed by atoms with Gasteiger partial charge < -0.3 is 14.8 Å². The summed E-state index contributed by atoms with van der Waals surface area (Å²) in [4.78, 5) is 24.0. The van der Waals surface area contributed by atoms with E-state index < -0.39 is 0 Å². The average molecular weight is 423 g/mol. The Morgan fingerprint density at radius 2 is 2.00 bits per heavy atom. The Morgan fingerprint density at radius 3 is 2.77 bits per heavy atom. The highest BCUT2D eigenvalue weighted by atomic mass is 16.5. The third-order valence-corrected chi connectivity index (χ3v) is 6.77. The van der Waals surface area contributed by atoms with E-state index in [4.69, 9.17) is 9.47 Å². The standard InChI is InChI=1S/C24H30N4O3/c1-2-31-24(29)17-4-3-16-14-21-22(20(16)13-17)23(26-15-25-21)27-18-5-7-19(8-6-18)28-9-11-30-12-10-28/h3-4,13,15,18-19H,2,5-12,14H2,1H3,(H,25,26,27). The van der Waals surface area contributed by atoms with Crippen LogP contribution in [-0.4, -0.2) is 65.8 Å². The summed E-state index contributed by atoms with van der Waals surface area (Å²) in [5.41, 5.74) is 4.87. The van der Waals surface area contributed by atoms with Crippen LogP contribution >= 0.6 is 0 Å². The van der Waals surface area contributed by atoms with E-state index in [1.165, 1.54) is 18.4 Å². The van der Waals surface area contributed by atoms with E-state index in [1.807, 2.05) is 25.1 Å². The topological polar surface area (TPSA) is 76.6 Å². The number of hydrogen-bond acceptors (Lipinski definition) is 7. The molecule has 7 heteroatoms. The number of aromatic nitrogens is 2. The Morgan fingerprint density at radius 1 is 1.19 bits per heavy atom. The summed E-state index contributed by atoms with van der Waals surface area (Å²) >= 11 is 0. The van der Waals surface area contributed by atoms with Crippen molar-refractivity contribution >= 4 is 11.8 Å². The van der Waals surface area contributed by atoms with E-state index in [0.29, 0.717) is 24.3 Å². The fourth-order valence-electron chi connectivity index (χ4n) is 5.15. The smallest absolute Gasteiger partial charge is 0.338 e. The molecule has 31 heavy (non-hydrogen) atoms. The molecular formula is C24H30N4O3. The van der Waals surface area contributed by atoms with Gasteiger partial charge in [0.15, 0.2) is 0 Å². The molecule has 2 aromatic rings. The first kappa shape index (κ1) is 20.4. The van der Waals surface area contributed by atoms with Crippen LogP contribution in [0.25, 0.3) is 11.1 Å². The first-order valence-corrected chi connectivity index (χ1v) is 11.5. The number of hydrogen-bond donors (Lipinski definition) is 1. The van der Waals surface area contributed by atoms with Crippen LogP contribution in [0, 0.1) is 0 Å². The minimum Gasteiger partial charge on any atom is -0.462 e. The van der Waals surface area contributed by atoms with Crippen molar-refractivity contribution in [2.24, 2.45) is 0 Å². The fourth-order valence-corrected chi connectivity index (χ4v) is 5.15. The minimum absolute atomic E-state index is 0.286. The molecule has 0 bridgehead atoms. The SMILES string of the molecule is CCOC(=O)c1ccc2c(c1)-c1c(ncnc1NC1CCC(N3CCOCC3)CC1)C2. The number of ether oxygens (including phenoxy) is 2. The van der Waals surface area contributed by atoms with E-state index in [-0.39, 0.29) is 5.97 Å². The van der Waals surface area contributed by atoms with Crippen molar-refractivity contribution in [2.75, 3.05) is 38.2 Å². The quantitative estimate of drug-likeness (QED) is 0.632.